The van der Waals surface area contributed by atoms with Crippen molar-refractivity contribution in [3.05, 3.63) is 35.9 Å². The van der Waals surface area contributed by atoms with E-state index in [-0.39, 0.29) is 24.3 Å². The number of carbonyl (C=O) groups excluding carboxylic acids is 2. The summed E-state index contributed by atoms with van der Waals surface area (Å²) >= 11 is 0. The fourth-order valence-electron chi connectivity index (χ4n) is 2.52. The molecule has 21 heavy (non-hydrogen) atoms. The molecule has 0 bridgehead atoms. The lowest BCUT2D eigenvalue weighted by Gasteiger charge is -2.16. The number of likely N-dealkylation sites (tertiary alicyclic amines) is 1. The number of rotatable bonds is 6. The van der Waals surface area contributed by atoms with E-state index in [0.29, 0.717) is 32.5 Å². The largest absolute Gasteiger partial charge is 0.396 e. The first-order valence-electron chi connectivity index (χ1n) is 7.38. The van der Waals surface area contributed by atoms with Gasteiger partial charge in [0, 0.05) is 38.6 Å². The molecule has 1 atom stereocenters. The Bertz CT molecular complexity index is 476. The molecule has 5 heteroatoms. The molecule has 114 valence electrons. The third-order valence-electron chi connectivity index (χ3n) is 3.77. The van der Waals surface area contributed by atoms with Gasteiger partial charge in [0.05, 0.1) is 6.42 Å². The zero-order valence-corrected chi connectivity index (χ0v) is 12.1. The van der Waals surface area contributed by atoms with E-state index in [1.165, 1.54) is 0 Å². The van der Waals surface area contributed by atoms with Gasteiger partial charge >= 0.3 is 0 Å². The predicted octanol–water partition coefficient (Wildman–Crippen LogP) is 0.576. The number of hydrogen-bond donors (Lipinski definition) is 2. The minimum atomic E-state index is -0.0661. The molecule has 5 nitrogen and oxygen atoms in total. The van der Waals surface area contributed by atoms with Gasteiger partial charge in [-0.2, -0.15) is 0 Å². The number of nitrogens with one attached hydrogen (secondary N) is 1. The zero-order valence-electron chi connectivity index (χ0n) is 12.1. The number of aliphatic hydroxyl groups excluding tert-OH is 1. The van der Waals surface area contributed by atoms with Crippen LogP contribution >= 0.6 is 0 Å². The third-order valence-corrected chi connectivity index (χ3v) is 3.77. The summed E-state index contributed by atoms with van der Waals surface area (Å²) in [6.07, 6.45) is 1.52. The van der Waals surface area contributed by atoms with Gasteiger partial charge in [0.2, 0.25) is 11.8 Å². The molecule has 2 rings (SSSR count). The molecular weight excluding hydrogens is 268 g/mol. The van der Waals surface area contributed by atoms with Gasteiger partial charge < -0.3 is 15.3 Å². The first-order valence-corrected chi connectivity index (χ1v) is 7.38. The van der Waals surface area contributed by atoms with Crippen LogP contribution < -0.4 is 5.32 Å². The molecule has 2 amide bonds. The Morgan fingerprint density at radius 3 is 2.71 bits per heavy atom. The van der Waals surface area contributed by atoms with E-state index in [9.17, 15) is 9.59 Å². The van der Waals surface area contributed by atoms with Crippen LogP contribution in [-0.2, 0) is 16.0 Å². The van der Waals surface area contributed by atoms with E-state index in [1.807, 2.05) is 30.3 Å². The highest BCUT2D eigenvalue weighted by Gasteiger charge is 2.25. The second-order valence-electron chi connectivity index (χ2n) is 5.44. The van der Waals surface area contributed by atoms with Gasteiger partial charge in [0.1, 0.15) is 0 Å². The Morgan fingerprint density at radius 1 is 1.29 bits per heavy atom. The first-order chi connectivity index (χ1) is 10.2. The van der Waals surface area contributed by atoms with E-state index < -0.39 is 0 Å². The second kappa shape index (κ2) is 7.78. The molecule has 2 N–H and O–H groups in total. The van der Waals surface area contributed by atoms with Gasteiger partial charge in [-0.25, -0.2) is 0 Å². The standard InChI is InChI=1S/C16H22N2O3/c19-12-14-7-9-18(11-14)16(21)6-8-17-15(20)10-13-4-2-1-3-5-13/h1-5,14,19H,6-12H2,(H,17,20). The van der Waals surface area contributed by atoms with Crippen LogP contribution in [0.2, 0.25) is 0 Å². The van der Waals surface area contributed by atoms with Crippen molar-refractivity contribution in [3.8, 4) is 0 Å². The lowest BCUT2D eigenvalue weighted by molar-refractivity contribution is -0.130. The van der Waals surface area contributed by atoms with E-state index in [4.69, 9.17) is 5.11 Å². The molecule has 1 aliphatic rings. The molecule has 0 aromatic heterocycles. The molecule has 1 aromatic rings. The van der Waals surface area contributed by atoms with Crippen molar-refractivity contribution in [3.63, 3.8) is 0 Å². The molecule has 1 saturated heterocycles. The van der Waals surface area contributed by atoms with E-state index in [0.717, 1.165) is 12.0 Å². The van der Waals surface area contributed by atoms with Crippen LogP contribution in [0.1, 0.15) is 18.4 Å². The average Bonchev–Trinajstić information content (AvgIpc) is 2.97. The molecule has 0 spiro atoms. The minimum absolute atomic E-state index is 0.0472. The van der Waals surface area contributed by atoms with E-state index in [1.54, 1.807) is 4.90 Å². The van der Waals surface area contributed by atoms with Crippen molar-refractivity contribution in [1.29, 1.82) is 0 Å². The maximum atomic E-state index is 11.9. The van der Waals surface area contributed by atoms with Crippen LogP contribution in [0.3, 0.4) is 0 Å². The van der Waals surface area contributed by atoms with Crippen molar-refractivity contribution in [1.82, 2.24) is 10.2 Å². The second-order valence-corrected chi connectivity index (χ2v) is 5.44. The molecule has 1 aliphatic heterocycles. The molecule has 0 radical (unpaired) electrons. The van der Waals surface area contributed by atoms with E-state index >= 15 is 0 Å². The zero-order chi connectivity index (χ0) is 15.1. The summed E-state index contributed by atoms with van der Waals surface area (Å²) in [5, 5.41) is 11.8. The number of nitrogens with zero attached hydrogens (tertiary/aromatic N) is 1. The Kier molecular flexibility index (Phi) is 5.75. The summed E-state index contributed by atoms with van der Waals surface area (Å²) in [6, 6.07) is 9.53. The maximum absolute atomic E-state index is 11.9. The maximum Gasteiger partial charge on any atom is 0.224 e. The van der Waals surface area contributed by atoms with Crippen molar-refractivity contribution in [2.24, 2.45) is 5.92 Å². The van der Waals surface area contributed by atoms with Gasteiger partial charge in [-0.3, -0.25) is 9.59 Å². The van der Waals surface area contributed by atoms with Gasteiger partial charge in [-0.05, 0) is 12.0 Å². The lowest BCUT2D eigenvalue weighted by Crippen LogP contribution is -2.33. The number of hydrogen-bond acceptors (Lipinski definition) is 3. The Labute approximate surface area is 125 Å². The normalized spacial score (nSPS) is 17.8. The summed E-state index contributed by atoms with van der Waals surface area (Å²) in [7, 11) is 0. The molecule has 1 heterocycles. The summed E-state index contributed by atoms with van der Waals surface area (Å²) in [5.74, 6) is 0.191. The monoisotopic (exact) mass is 290 g/mol. The van der Waals surface area contributed by atoms with Gasteiger partial charge in [-0.15, -0.1) is 0 Å². The highest BCUT2D eigenvalue weighted by molar-refractivity contribution is 5.80. The van der Waals surface area contributed by atoms with Gasteiger partial charge in [-0.1, -0.05) is 30.3 Å². The molecule has 1 fully saturated rings. The summed E-state index contributed by atoms with van der Waals surface area (Å²) in [4.78, 5) is 25.5. The van der Waals surface area contributed by atoms with Crippen LogP contribution in [0, 0.1) is 5.92 Å². The highest BCUT2D eigenvalue weighted by atomic mass is 16.3. The minimum Gasteiger partial charge on any atom is -0.396 e. The quantitative estimate of drug-likeness (QED) is 0.805. The van der Waals surface area contributed by atoms with E-state index in [2.05, 4.69) is 5.32 Å². The molecule has 1 aromatic carbocycles. The number of aliphatic hydroxyl groups is 1. The molecule has 0 saturated carbocycles. The van der Waals surface area contributed by atoms with Crippen molar-refractivity contribution in [2.75, 3.05) is 26.2 Å². The number of amides is 2. The Morgan fingerprint density at radius 2 is 2.05 bits per heavy atom. The summed E-state index contributed by atoms with van der Waals surface area (Å²) in [6.45, 7) is 1.84. The van der Waals surface area contributed by atoms with Crippen LogP contribution in [0.15, 0.2) is 30.3 Å². The average molecular weight is 290 g/mol. The summed E-state index contributed by atoms with van der Waals surface area (Å²) < 4.78 is 0. The predicted molar refractivity (Wildman–Crippen MR) is 79.5 cm³/mol. The summed E-state index contributed by atoms with van der Waals surface area (Å²) in [5.41, 5.74) is 0.964. The van der Waals surface area contributed by atoms with Crippen LogP contribution in [-0.4, -0.2) is 48.1 Å². The Hall–Kier alpha value is -1.88. The smallest absolute Gasteiger partial charge is 0.224 e. The number of carbonyl (C=O) groups is 2. The van der Waals surface area contributed by atoms with Crippen LogP contribution in [0.5, 0.6) is 0 Å². The Balaban J connectivity index is 1.65. The fourth-order valence-corrected chi connectivity index (χ4v) is 2.52. The van der Waals surface area contributed by atoms with Gasteiger partial charge in [0.15, 0.2) is 0 Å². The molecular formula is C16H22N2O3. The van der Waals surface area contributed by atoms with Crippen molar-refractivity contribution in [2.45, 2.75) is 19.3 Å². The third kappa shape index (κ3) is 4.86. The first kappa shape index (κ1) is 15.5. The highest BCUT2D eigenvalue weighted by Crippen LogP contribution is 2.15. The van der Waals surface area contributed by atoms with Crippen molar-refractivity contribution < 1.29 is 14.7 Å². The van der Waals surface area contributed by atoms with Crippen LogP contribution in [0.4, 0.5) is 0 Å². The fraction of sp³-hybridized carbons (Fsp3) is 0.500. The molecule has 0 aliphatic carbocycles. The van der Waals surface area contributed by atoms with Crippen molar-refractivity contribution >= 4 is 11.8 Å². The SMILES string of the molecule is O=C(Cc1ccccc1)NCCC(=O)N1CCC(CO)C1. The number of benzene rings is 1. The lowest BCUT2D eigenvalue weighted by atomic mass is 10.1. The van der Waals surface area contributed by atoms with Crippen LogP contribution in [0.25, 0.3) is 0 Å². The topological polar surface area (TPSA) is 69.6 Å². The molecule has 1 unspecified atom stereocenters. The van der Waals surface area contributed by atoms with Gasteiger partial charge in [0.25, 0.3) is 0 Å².